The number of benzene rings is 1. The molecule has 0 saturated carbocycles. The van der Waals surface area contributed by atoms with E-state index < -0.39 is 41.7 Å². The molecule has 1 saturated heterocycles. The summed E-state index contributed by atoms with van der Waals surface area (Å²) in [5.41, 5.74) is -0.347. The van der Waals surface area contributed by atoms with E-state index in [1.54, 1.807) is 11.8 Å². The molecule has 2 aliphatic rings. The van der Waals surface area contributed by atoms with E-state index in [1.165, 1.54) is 13.2 Å². The van der Waals surface area contributed by atoms with Gasteiger partial charge in [-0.05, 0) is 25.3 Å². The number of hydrogen-bond acceptors (Lipinski definition) is 8. The van der Waals surface area contributed by atoms with Gasteiger partial charge in [0.15, 0.2) is 5.54 Å². The number of carbonyl (C=O) groups is 3. The van der Waals surface area contributed by atoms with Crippen LogP contribution in [-0.2, 0) is 35.0 Å². The molecular formula is C27H33N3O7. The monoisotopic (exact) mass is 511 g/mol. The summed E-state index contributed by atoms with van der Waals surface area (Å²) in [6.07, 6.45) is 6.77. The van der Waals surface area contributed by atoms with Crippen LogP contribution in [0.1, 0.15) is 25.3 Å². The van der Waals surface area contributed by atoms with Gasteiger partial charge in [-0.15, -0.1) is 6.42 Å². The van der Waals surface area contributed by atoms with Crippen LogP contribution in [0.15, 0.2) is 48.0 Å². The van der Waals surface area contributed by atoms with Crippen LogP contribution < -0.4 is 5.32 Å². The van der Waals surface area contributed by atoms with Crippen LogP contribution >= 0.6 is 0 Å². The Balaban J connectivity index is 1.84. The molecule has 2 heterocycles. The molecule has 0 aliphatic carbocycles. The highest BCUT2D eigenvalue weighted by Gasteiger charge is 2.49. The number of likely N-dealkylation sites (tertiary alicyclic amines) is 1. The first-order valence-corrected chi connectivity index (χ1v) is 12.1. The predicted molar refractivity (Wildman–Crippen MR) is 136 cm³/mol. The van der Waals surface area contributed by atoms with Crippen molar-refractivity contribution in [1.82, 2.24) is 10.2 Å². The van der Waals surface area contributed by atoms with Crippen LogP contribution in [0.4, 0.5) is 4.79 Å². The third-order valence-electron chi connectivity index (χ3n) is 6.28. The molecule has 1 aromatic carbocycles. The van der Waals surface area contributed by atoms with Crippen molar-refractivity contribution in [1.29, 1.82) is 0 Å². The van der Waals surface area contributed by atoms with Crippen molar-refractivity contribution < 1.29 is 33.3 Å². The summed E-state index contributed by atoms with van der Waals surface area (Å²) in [6.45, 7) is 5.52. The summed E-state index contributed by atoms with van der Waals surface area (Å²) in [7, 11) is 1.31. The Morgan fingerprint density at radius 2 is 2.14 bits per heavy atom. The van der Waals surface area contributed by atoms with Gasteiger partial charge in [-0.25, -0.2) is 14.6 Å². The number of nitrogens with zero attached hydrogens (tertiary/aromatic N) is 2. The second kappa shape index (κ2) is 12.9. The highest BCUT2D eigenvalue weighted by Crippen LogP contribution is 2.31. The Kier molecular flexibility index (Phi) is 9.69. The third-order valence-corrected chi connectivity index (χ3v) is 6.28. The predicted octanol–water partition coefficient (Wildman–Crippen LogP) is 1.88. The van der Waals surface area contributed by atoms with Crippen molar-refractivity contribution in [3.63, 3.8) is 0 Å². The Bertz CT molecular complexity index is 1050. The number of carbonyl (C=O) groups excluding carboxylic acids is 3. The first kappa shape index (κ1) is 27.7. The van der Waals surface area contributed by atoms with Gasteiger partial charge in [-0.3, -0.25) is 4.79 Å². The van der Waals surface area contributed by atoms with Gasteiger partial charge < -0.3 is 29.2 Å². The molecule has 2 amide bonds. The van der Waals surface area contributed by atoms with Gasteiger partial charge in [0.25, 0.3) is 0 Å². The highest BCUT2D eigenvalue weighted by molar-refractivity contribution is 5.95. The van der Waals surface area contributed by atoms with Crippen molar-refractivity contribution in [3.05, 3.63) is 48.6 Å². The number of amides is 2. The second-order valence-corrected chi connectivity index (χ2v) is 8.84. The number of hydrogen-bond donors (Lipinski definition) is 1. The summed E-state index contributed by atoms with van der Waals surface area (Å²) < 4.78 is 21.6. The lowest BCUT2D eigenvalue weighted by Gasteiger charge is -2.31. The standard InChI is InChI=1S/C27H33N3O7/c1-5-15-35-19(3)22(28-26(33)36-16-6-2)24(31)30-14-10-13-21(30)23-29-27(18-37-23,25(32)34-4)17-20-11-8-7-9-12-20/h1,6-9,11-12,19,21-22H,2,10,13-18H2,3-4H3,(H,28,33)/t19-,21+,22+,27-/m1/s1. The van der Waals surface area contributed by atoms with E-state index in [2.05, 4.69) is 17.8 Å². The van der Waals surface area contributed by atoms with Crippen LogP contribution in [0.3, 0.4) is 0 Å². The molecule has 0 spiro atoms. The third kappa shape index (κ3) is 6.68. The molecule has 0 aromatic heterocycles. The minimum absolute atomic E-state index is 0.000325. The van der Waals surface area contributed by atoms with Crippen molar-refractivity contribution >= 4 is 23.9 Å². The fourth-order valence-electron chi connectivity index (χ4n) is 4.46. The first-order chi connectivity index (χ1) is 17.8. The minimum atomic E-state index is -1.25. The lowest BCUT2D eigenvalue weighted by molar-refractivity contribution is -0.147. The summed E-state index contributed by atoms with van der Waals surface area (Å²) in [5, 5.41) is 2.58. The van der Waals surface area contributed by atoms with Crippen molar-refractivity contribution in [2.45, 2.75) is 49.9 Å². The maximum Gasteiger partial charge on any atom is 0.408 e. The van der Waals surface area contributed by atoms with Crippen LogP contribution in [0, 0.1) is 12.3 Å². The zero-order valence-corrected chi connectivity index (χ0v) is 21.2. The number of aliphatic imine (C=N–C) groups is 1. The molecule has 3 rings (SSSR count). The van der Waals surface area contributed by atoms with E-state index in [0.717, 1.165) is 5.56 Å². The molecule has 37 heavy (non-hydrogen) atoms. The summed E-state index contributed by atoms with van der Waals surface area (Å²) >= 11 is 0. The maximum atomic E-state index is 13.7. The summed E-state index contributed by atoms with van der Waals surface area (Å²) in [6, 6.07) is 7.89. The number of terminal acetylenes is 1. The van der Waals surface area contributed by atoms with E-state index in [-0.39, 0.29) is 25.7 Å². The summed E-state index contributed by atoms with van der Waals surface area (Å²) in [4.78, 5) is 45.1. The molecule has 10 heteroatoms. The Morgan fingerprint density at radius 3 is 2.81 bits per heavy atom. The molecule has 1 fully saturated rings. The largest absolute Gasteiger partial charge is 0.476 e. The van der Waals surface area contributed by atoms with E-state index >= 15 is 0 Å². The van der Waals surface area contributed by atoms with Crippen molar-refractivity contribution in [3.8, 4) is 12.3 Å². The average Bonchev–Trinajstić information content (AvgIpc) is 3.57. The molecule has 0 bridgehead atoms. The molecule has 4 atom stereocenters. The van der Waals surface area contributed by atoms with E-state index in [9.17, 15) is 14.4 Å². The fourth-order valence-corrected chi connectivity index (χ4v) is 4.46. The molecule has 0 radical (unpaired) electrons. The fraction of sp³-hybridized carbons (Fsp3) is 0.481. The zero-order chi connectivity index (χ0) is 26.8. The normalized spacial score (nSPS) is 22.1. The summed E-state index contributed by atoms with van der Waals surface area (Å²) in [5.74, 6) is 1.74. The molecular weight excluding hydrogens is 478 g/mol. The number of esters is 1. The lowest BCUT2D eigenvalue weighted by Crippen LogP contribution is -2.56. The van der Waals surface area contributed by atoms with Crippen molar-refractivity contribution in [2.24, 2.45) is 4.99 Å². The quantitative estimate of drug-likeness (QED) is 0.274. The maximum absolute atomic E-state index is 13.7. The molecule has 0 unspecified atom stereocenters. The smallest absolute Gasteiger partial charge is 0.408 e. The van der Waals surface area contributed by atoms with E-state index in [4.69, 9.17) is 30.4 Å². The van der Waals surface area contributed by atoms with Crippen LogP contribution in [0.5, 0.6) is 0 Å². The number of nitrogens with one attached hydrogen (secondary N) is 1. The molecule has 10 nitrogen and oxygen atoms in total. The molecule has 2 aliphatic heterocycles. The number of ether oxygens (including phenoxy) is 4. The number of methoxy groups -OCH3 is 1. The van der Waals surface area contributed by atoms with Gasteiger partial charge in [-0.2, -0.15) is 0 Å². The Hall–Kier alpha value is -3.84. The Labute approximate surface area is 217 Å². The van der Waals surface area contributed by atoms with Crippen LogP contribution in [-0.4, -0.2) is 86.0 Å². The first-order valence-electron chi connectivity index (χ1n) is 12.1. The van der Waals surface area contributed by atoms with Gasteiger partial charge in [0, 0.05) is 13.0 Å². The second-order valence-electron chi connectivity index (χ2n) is 8.84. The molecule has 1 aromatic rings. The van der Waals surface area contributed by atoms with Crippen LogP contribution in [0.25, 0.3) is 0 Å². The molecule has 198 valence electrons. The molecule has 1 N–H and O–H groups in total. The van der Waals surface area contributed by atoms with E-state index in [0.29, 0.717) is 25.8 Å². The number of alkyl carbamates (subject to hydrolysis) is 1. The van der Waals surface area contributed by atoms with Gasteiger partial charge in [0.05, 0.1) is 13.2 Å². The minimum Gasteiger partial charge on any atom is -0.476 e. The van der Waals surface area contributed by atoms with Crippen LogP contribution in [0.2, 0.25) is 0 Å². The van der Waals surface area contributed by atoms with Gasteiger partial charge >= 0.3 is 12.1 Å². The lowest BCUT2D eigenvalue weighted by atomic mass is 9.92. The average molecular weight is 512 g/mol. The zero-order valence-electron chi connectivity index (χ0n) is 21.2. The SMILES string of the molecule is C#CCO[C@H](C)[C@H](NC(=O)OCC=C)C(=O)N1CCC[C@H]1C1=N[C@@](Cc2ccccc2)(C(=O)OC)CO1. The topological polar surface area (TPSA) is 116 Å². The van der Waals surface area contributed by atoms with Gasteiger partial charge in [0.1, 0.15) is 31.9 Å². The van der Waals surface area contributed by atoms with Gasteiger partial charge in [0.2, 0.25) is 11.8 Å². The Morgan fingerprint density at radius 1 is 1.38 bits per heavy atom. The van der Waals surface area contributed by atoms with Crippen molar-refractivity contribution in [2.75, 3.05) is 33.5 Å². The highest BCUT2D eigenvalue weighted by atomic mass is 16.6. The van der Waals surface area contributed by atoms with Gasteiger partial charge in [-0.1, -0.05) is 48.9 Å². The van der Waals surface area contributed by atoms with E-state index in [1.807, 2.05) is 30.3 Å². The number of rotatable bonds is 11.